The van der Waals surface area contributed by atoms with Crippen LogP contribution in [-0.4, -0.2) is 60.5 Å². The number of hydrogen-bond donors (Lipinski definition) is 0. The van der Waals surface area contributed by atoms with Gasteiger partial charge in [-0.1, -0.05) is 55.4 Å². The molecule has 9 nitrogen and oxygen atoms in total. The normalized spacial score (nSPS) is 42.0. The first-order valence-corrected chi connectivity index (χ1v) is 17.3. The number of halogens is 2. The van der Waals surface area contributed by atoms with Crippen LogP contribution in [0.3, 0.4) is 0 Å². The van der Waals surface area contributed by atoms with Gasteiger partial charge in [0.25, 0.3) is 0 Å². The molecule has 6 fully saturated rings. The van der Waals surface area contributed by atoms with Crippen molar-refractivity contribution in [2.24, 2.45) is 52.3 Å². The van der Waals surface area contributed by atoms with Gasteiger partial charge in [0, 0.05) is 12.8 Å². The fourth-order valence-electron chi connectivity index (χ4n) is 9.60. The van der Waals surface area contributed by atoms with Gasteiger partial charge in [-0.3, -0.25) is 9.59 Å². The number of carbonyl (C=O) groups is 3. The molecule has 10 atom stereocenters. The van der Waals surface area contributed by atoms with Crippen molar-refractivity contribution in [1.29, 1.82) is 0 Å². The molecule has 46 heavy (non-hydrogen) atoms. The van der Waals surface area contributed by atoms with Gasteiger partial charge >= 0.3 is 24.0 Å². The van der Waals surface area contributed by atoms with Crippen molar-refractivity contribution < 1.29 is 51.6 Å². The van der Waals surface area contributed by atoms with Gasteiger partial charge in [0.2, 0.25) is 6.10 Å². The van der Waals surface area contributed by atoms with Crippen LogP contribution in [0.2, 0.25) is 0 Å². The molecular weight excluding hydrogens is 602 g/mol. The van der Waals surface area contributed by atoms with Gasteiger partial charge in [-0.05, 0) is 72.5 Å². The Labute approximate surface area is 271 Å². The van der Waals surface area contributed by atoms with Crippen LogP contribution >= 0.6 is 0 Å². The molecule has 0 aromatic rings. The van der Waals surface area contributed by atoms with Crippen LogP contribution in [0.4, 0.5) is 8.78 Å². The van der Waals surface area contributed by atoms with Crippen LogP contribution in [0.25, 0.3) is 0 Å². The molecule has 1 spiro atoms. The Morgan fingerprint density at radius 3 is 2.22 bits per heavy atom. The van der Waals surface area contributed by atoms with E-state index in [1.165, 1.54) is 0 Å². The number of carbonyl (C=O) groups excluding carboxylic acids is 3. The van der Waals surface area contributed by atoms with E-state index in [4.69, 9.17) is 23.7 Å². The molecule has 3 saturated heterocycles. The van der Waals surface area contributed by atoms with Gasteiger partial charge in [-0.25, -0.2) is 4.79 Å². The minimum Gasteiger partial charge on any atom is -0.454 e. The van der Waals surface area contributed by atoms with Crippen LogP contribution in [0.1, 0.15) is 107 Å². The molecule has 11 heteroatoms. The van der Waals surface area contributed by atoms with Crippen molar-refractivity contribution in [3.63, 3.8) is 0 Å². The highest BCUT2D eigenvalue weighted by Crippen LogP contribution is 2.62. The zero-order valence-electron chi connectivity index (χ0n) is 28.5. The zero-order valence-corrected chi connectivity index (χ0v) is 28.5. The molecule has 0 N–H and O–H groups in total. The lowest BCUT2D eigenvalue weighted by molar-refractivity contribution is -0.257. The van der Waals surface area contributed by atoms with Gasteiger partial charge < -0.3 is 28.4 Å². The minimum absolute atomic E-state index is 0.154. The molecule has 3 saturated carbocycles. The van der Waals surface area contributed by atoms with Crippen molar-refractivity contribution in [1.82, 2.24) is 0 Å². The molecule has 0 radical (unpaired) electrons. The summed E-state index contributed by atoms with van der Waals surface area (Å²) in [6.07, 6.45) is -5.38. The quantitative estimate of drug-likeness (QED) is 0.228. The second-order valence-electron chi connectivity index (χ2n) is 17.4. The molecule has 3 heterocycles. The Hall–Kier alpha value is -1.85. The number of fused-ring (bicyclic) bond motifs is 5. The Balaban J connectivity index is 1.02. The summed E-state index contributed by atoms with van der Waals surface area (Å²) in [5, 5.41) is 0. The topological polar surface area (TPSA) is 107 Å². The predicted octanol–water partition coefficient (Wildman–Crippen LogP) is 6.40. The molecule has 3 aliphatic carbocycles. The minimum atomic E-state index is -3.52. The third-order valence-electron chi connectivity index (χ3n) is 11.5. The van der Waals surface area contributed by atoms with Gasteiger partial charge in [0.1, 0.15) is 6.10 Å². The highest BCUT2D eigenvalue weighted by molar-refractivity contribution is 5.83. The lowest BCUT2D eigenvalue weighted by Crippen LogP contribution is -2.44. The highest BCUT2D eigenvalue weighted by atomic mass is 19.3. The van der Waals surface area contributed by atoms with Crippen LogP contribution in [0, 0.1) is 52.3 Å². The molecule has 0 aromatic heterocycles. The fourth-order valence-corrected chi connectivity index (χ4v) is 9.60. The first kappa shape index (κ1) is 34.0. The number of ether oxygens (including phenoxy) is 6. The molecule has 3 aliphatic heterocycles. The summed E-state index contributed by atoms with van der Waals surface area (Å²) in [4.78, 5) is 39.1. The summed E-state index contributed by atoms with van der Waals surface area (Å²) < 4.78 is 63.4. The van der Waals surface area contributed by atoms with Crippen LogP contribution in [0.15, 0.2) is 0 Å². The second-order valence-corrected chi connectivity index (χ2v) is 17.4. The summed E-state index contributed by atoms with van der Waals surface area (Å²) in [5.74, 6) is -1.86. The smallest absolute Gasteiger partial charge is 0.399 e. The Kier molecular flexibility index (Phi) is 8.61. The largest absolute Gasteiger partial charge is 0.454 e. The van der Waals surface area contributed by atoms with E-state index in [0.717, 1.165) is 12.8 Å². The van der Waals surface area contributed by atoms with Gasteiger partial charge in [-0.2, -0.15) is 8.78 Å². The maximum atomic E-state index is 14.3. The second kappa shape index (κ2) is 11.6. The standard InChI is InChI=1S/C35H52F2O9/c1-17(2)22-20-15-19(23(22)33(6,7)8)16-21(20)29(39)42-26-24-25(41-30(26)40)27-31(43-24)46-34(44-27)11-9-18(10-12-34)28(38)45-35(36,37)14-13-32(3,4)5/h17-27,31H,9-16H2,1-8H3. The predicted molar refractivity (Wildman–Crippen MR) is 160 cm³/mol. The van der Waals surface area contributed by atoms with E-state index in [1.807, 2.05) is 20.8 Å². The molecule has 2 bridgehead atoms. The monoisotopic (exact) mass is 654 g/mol. The maximum Gasteiger partial charge on any atom is 0.399 e. The van der Waals surface area contributed by atoms with Crippen molar-refractivity contribution in [3.8, 4) is 0 Å². The zero-order chi connectivity index (χ0) is 33.6. The first-order valence-electron chi connectivity index (χ1n) is 17.3. The molecule has 10 unspecified atom stereocenters. The summed E-state index contributed by atoms with van der Waals surface area (Å²) >= 11 is 0. The van der Waals surface area contributed by atoms with Crippen molar-refractivity contribution >= 4 is 17.9 Å². The lowest BCUT2D eigenvalue weighted by Gasteiger charge is -2.44. The maximum absolute atomic E-state index is 14.3. The van der Waals surface area contributed by atoms with Crippen molar-refractivity contribution in [2.45, 2.75) is 149 Å². The first-order chi connectivity index (χ1) is 21.3. The van der Waals surface area contributed by atoms with E-state index < -0.39 is 66.9 Å². The van der Waals surface area contributed by atoms with E-state index in [0.29, 0.717) is 23.7 Å². The van der Waals surface area contributed by atoms with Crippen molar-refractivity contribution in [3.05, 3.63) is 0 Å². The lowest BCUT2D eigenvalue weighted by atomic mass is 9.61. The van der Waals surface area contributed by atoms with E-state index >= 15 is 0 Å². The van der Waals surface area contributed by atoms with Crippen molar-refractivity contribution in [2.75, 3.05) is 0 Å². The molecule has 6 aliphatic rings. The van der Waals surface area contributed by atoms with Gasteiger partial charge in [-0.15, -0.1) is 0 Å². The van der Waals surface area contributed by atoms with Crippen LogP contribution < -0.4 is 0 Å². The fraction of sp³-hybridized carbons (Fsp3) is 0.914. The van der Waals surface area contributed by atoms with Crippen LogP contribution in [0.5, 0.6) is 0 Å². The average Bonchev–Trinajstić information content (AvgIpc) is 3.73. The average molecular weight is 655 g/mol. The highest BCUT2D eigenvalue weighted by Gasteiger charge is 2.67. The SMILES string of the molecule is CC(C)C1C2CC(CC2C(=O)OC2C(=O)OC3C4OC5(CCC(C(=O)OC(F)(F)CCC(C)(C)C)CC5)OC4OC23)C1C(C)(C)C. The third-order valence-corrected chi connectivity index (χ3v) is 11.5. The Bertz CT molecular complexity index is 1200. The third kappa shape index (κ3) is 6.33. The summed E-state index contributed by atoms with van der Waals surface area (Å²) in [6, 6.07) is 0. The number of alkyl halides is 2. The Morgan fingerprint density at radius 1 is 0.935 bits per heavy atom. The summed E-state index contributed by atoms with van der Waals surface area (Å²) in [6.45, 7) is 16.9. The van der Waals surface area contributed by atoms with E-state index in [9.17, 15) is 23.2 Å². The van der Waals surface area contributed by atoms with E-state index in [2.05, 4.69) is 39.4 Å². The molecule has 260 valence electrons. The van der Waals surface area contributed by atoms with E-state index in [-0.39, 0.29) is 60.7 Å². The number of rotatable bonds is 7. The molecule has 0 aromatic carbocycles. The number of hydrogen-bond acceptors (Lipinski definition) is 9. The van der Waals surface area contributed by atoms with Gasteiger partial charge in [0.15, 0.2) is 24.3 Å². The molecular formula is C35H52F2O9. The summed E-state index contributed by atoms with van der Waals surface area (Å²) in [5.41, 5.74) is -0.150. The molecule has 0 amide bonds. The molecule has 6 rings (SSSR count). The summed E-state index contributed by atoms with van der Waals surface area (Å²) in [7, 11) is 0. The van der Waals surface area contributed by atoms with Crippen LogP contribution in [-0.2, 0) is 42.8 Å². The Morgan fingerprint density at radius 2 is 1.61 bits per heavy atom. The number of esters is 3. The van der Waals surface area contributed by atoms with E-state index in [1.54, 1.807) is 0 Å². The van der Waals surface area contributed by atoms with Gasteiger partial charge in [0.05, 0.1) is 18.3 Å².